The van der Waals surface area contributed by atoms with Crippen molar-refractivity contribution in [2.75, 3.05) is 18.4 Å². The fourth-order valence-electron chi connectivity index (χ4n) is 4.68. The van der Waals surface area contributed by atoms with E-state index in [4.69, 9.17) is 4.74 Å². The number of aromatic nitrogens is 1. The molecular formula is C26H29N5O5. The number of nitrogens with zero attached hydrogens (tertiary/aromatic N) is 1. The minimum absolute atomic E-state index is 0.0247. The van der Waals surface area contributed by atoms with E-state index in [1.165, 1.54) is 4.57 Å². The van der Waals surface area contributed by atoms with E-state index in [2.05, 4.69) is 21.3 Å². The highest BCUT2D eigenvalue weighted by Gasteiger charge is 2.30. The number of benzene rings is 2. The van der Waals surface area contributed by atoms with Crippen LogP contribution in [0.25, 0.3) is 10.8 Å². The number of anilines is 1. The number of rotatable bonds is 6. The van der Waals surface area contributed by atoms with Crippen molar-refractivity contribution in [1.82, 2.24) is 20.5 Å². The number of ether oxygens (including phenoxy) is 1. The van der Waals surface area contributed by atoms with E-state index in [1.54, 1.807) is 18.3 Å². The Morgan fingerprint density at radius 1 is 1.11 bits per heavy atom. The zero-order valence-electron chi connectivity index (χ0n) is 19.8. The molecule has 0 spiro atoms. The third-order valence-electron chi connectivity index (χ3n) is 6.56. The molecule has 0 aliphatic carbocycles. The third-order valence-corrected chi connectivity index (χ3v) is 6.56. The van der Waals surface area contributed by atoms with Gasteiger partial charge in [0, 0.05) is 41.7 Å². The number of aromatic hydroxyl groups is 1. The molecule has 5 rings (SSSR count). The Labute approximate surface area is 208 Å². The first-order valence-corrected chi connectivity index (χ1v) is 12.1. The summed E-state index contributed by atoms with van der Waals surface area (Å²) in [5, 5.41) is 23.3. The van der Waals surface area contributed by atoms with E-state index in [-0.39, 0.29) is 36.9 Å². The van der Waals surface area contributed by atoms with Crippen LogP contribution >= 0.6 is 0 Å². The highest BCUT2D eigenvalue weighted by molar-refractivity contribution is 6.00. The quantitative estimate of drug-likeness (QED) is 0.337. The molecule has 2 aliphatic rings. The lowest BCUT2D eigenvalue weighted by atomic mass is 10.1. The van der Waals surface area contributed by atoms with Crippen LogP contribution in [0.1, 0.15) is 37.3 Å². The maximum absolute atomic E-state index is 12.5. The molecule has 10 heteroatoms. The predicted molar refractivity (Wildman–Crippen MR) is 134 cm³/mol. The van der Waals surface area contributed by atoms with Gasteiger partial charge in [0.05, 0.1) is 0 Å². The van der Waals surface area contributed by atoms with Crippen molar-refractivity contribution in [3.63, 3.8) is 0 Å². The number of piperidine rings is 2. The summed E-state index contributed by atoms with van der Waals surface area (Å²) >= 11 is 0. The molecule has 3 heterocycles. The first-order chi connectivity index (χ1) is 17.5. The van der Waals surface area contributed by atoms with E-state index in [9.17, 15) is 19.5 Å². The van der Waals surface area contributed by atoms with Crippen LogP contribution in [0.2, 0.25) is 0 Å². The van der Waals surface area contributed by atoms with Crippen LogP contribution in [0.15, 0.2) is 48.7 Å². The monoisotopic (exact) mass is 491 g/mol. The summed E-state index contributed by atoms with van der Waals surface area (Å²) < 4.78 is 7.53. The number of carbonyl (C=O) groups excluding carboxylic acids is 3. The molecule has 2 fully saturated rings. The summed E-state index contributed by atoms with van der Waals surface area (Å²) in [5.74, 6) is -0.0282. The van der Waals surface area contributed by atoms with Crippen molar-refractivity contribution in [3.05, 3.63) is 54.2 Å². The standard InChI is InChI=1S/C26H29N5O5/c32-23-7-6-22(24(33)30-23)31-15-17-12-16(4-5-21(17)25(31)34)14-28-26(35)29-18-2-1-3-20(13-18)36-19-8-10-27-11-9-19/h1-5,12-13,15,19,22,27,34H,6-11,14H2,(H2,28,29,35)(H,30,32,33). The molecule has 0 radical (unpaired) electrons. The average Bonchev–Trinajstić information content (AvgIpc) is 3.19. The Balaban J connectivity index is 1.20. The van der Waals surface area contributed by atoms with Crippen LogP contribution in [0, 0.1) is 0 Å². The summed E-state index contributed by atoms with van der Waals surface area (Å²) in [6, 6.07) is 11.8. The average molecular weight is 492 g/mol. The number of imide groups is 1. The molecule has 1 aromatic heterocycles. The Hall–Kier alpha value is -4.05. The highest BCUT2D eigenvalue weighted by Crippen LogP contribution is 2.33. The van der Waals surface area contributed by atoms with Crippen LogP contribution in [0.5, 0.6) is 11.6 Å². The van der Waals surface area contributed by atoms with Gasteiger partial charge in [0.2, 0.25) is 11.8 Å². The van der Waals surface area contributed by atoms with Gasteiger partial charge >= 0.3 is 6.03 Å². The van der Waals surface area contributed by atoms with Crippen LogP contribution in [0.3, 0.4) is 0 Å². The Morgan fingerprint density at radius 2 is 1.94 bits per heavy atom. The summed E-state index contributed by atoms with van der Waals surface area (Å²) in [6.45, 7) is 2.16. The van der Waals surface area contributed by atoms with Gasteiger partial charge in [0.15, 0.2) is 5.88 Å². The summed E-state index contributed by atoms with van der Waals surface area (Å²) in [6.07, 6.45) is 4.34. The third kappa shape index (κ3) is 5.28. The van der Waals surface area contributed by atoms with Crippen LogP contribution in [0.4, 0.5) is 10.5 Å². The lowest BCUT2D eigenvalue weighted by Crippen LogP contribution is -2.41. The minimum Gasteiger partial charge on any atom is -0.494 e. The topological polar surface area (TPSA) is 134 Å². The van der Waals surface area contributed by atoms with Gasteiger partial charge in [-0.1, -0.05) is 12.1 Å². The molecule has 4 amide bonds. The molecular weight excluding hydrogens is 462 g/mol. The zero-order valence-corrected chi connectivity index (χ0v) is 19.8. The number of hydrogen-bond donors (Lipinski definition) is 5. The van der Waals surface area contributed by atoms with E-state index < -0.39 is 11.9 Å². The first kappa shape index (κ1) is 23.7. The molecule has 36 heavy (non-hydrogen) atoms. The second-order valence-corrected chi connectivity index (χ2v) is 9.15. The molecule has 0 bridgehead atoms. The first-order valence-electron chi connectivity index (χ1n) is 12.1. The number of fused-ring (bicyclic) bond motifs is 1. The van der Waals surface area contributed by atoms with Gasteiger partial charge in [0.25, 0.3) is 0 Å². The molecule has 2 saturated heterocycles. The number of amides is 4. The maximum atomic E-state index is 12.5. The lowest BCUT2D eigenvalue weighted by Gasteiger charge is -2.24. The fraction of sp³-hybridized carbons (Fsp3) is 0.346. The van der Waals surface area contributed by atoms with E-state index in [0.717, 1.165) is 42.6 Å². The van der Waals surface area contributed by atoms with Gasteiger partial charge in [-0.3, -0.25) is 14.9 Å². The Kier molecular flexibility index (Phi) is 6.77. The van der Waals surface area contributed by atoms with Crippen molar-refractivity contribution in [2.45, 2.75) is 44.4 Å². The largest absolute Gasteiger partial charge is 0.494 e. The summed E-state index contributed by atoms with van der Waals surface area (Å²) in [7, 11) is 0. The lowest BCUT2D eigenvalue weighted by molar-refractivity contribution is -0.135. The second-order valence-electron chi connectivity index (χ2n) is 9.15. The molecule has 3 aromatic rings. The summed E-state index contributed by atoms with van der Waals surface area (Å²) in [4.78, 5) is 36.2. The van der Waals surface area contributed by atoms with Crippen molar-refractivity contribution in [3.8, 4) is 11.6 Å². The van der Waals surface area contributed by atoms with Crippen molar-refractivity contribution in [1.29, 1.82) is 0 Å². The highest BCUT2D eigenvalue weighted by atomic mass is 16.5. The second kappa shape index (κ2) is 10.3. The number of carbonyl (C=O) groups is 3. The van der Waals surface area contributed by atoms with E-state index in [1.807, 2.05) is 30.3 Å². The van der Waals surface area contributed by atoms with Crippen molar-refractivity contribution in [2.24, 2.45) is 0 Å². The molecule has 2 aliphatic heterocycles. The SMILES string of the molecule is O=C1CCC(n2cc3cc(CNC(=O)Nc4cccc(OC5CCNCC5)c4)ccc3c2O)C(=O)N1. The molecule has 2 aromatic carbocycles. The number of urea groups is 1. The van der Waals surface area contributed by atoms with Crippen molar-refractivity contribution >= 4 is 34.3 Å². The summed E-state index contributed by atoms with van der Waals surface area (Å²) in [5.41, 5.74) is 1.47. The van der Waals surface area contributed by atoms with Gasteiger partial charge in [-0.15, -0.1) is 0 Å². The zero-order chi connectivity index (χ0) is 25.1. The van der Waals surface area contributed by atoms with Crippen LogP contribution in [-0.4, -0.2) is 46.7 Å². The van der Waals surface area contributed by atoms with Gasteiger partial charge in [0.1, 0.15) is 17.9 Å². The molecule has 188 valence electrons. The number of nitrogens with one attached hydrogen (secondary N) is 4. The normalized spacial score (nSPS) is 18.6. The smallest absolute Gasteiger partial charge is 0.319 e. The van der Waals surface area contributed by atoms with Gasteiger partial charge in [-0.05, 0) is 62.2 Å². The molecule has 1 atom stereocenters. The van der Waals surface area contributed by atoms with E-state index in [0.29, 0.717) is 17.5 Å². The number of hydrogen-bond acceptors (Lipinski definition) is 6. The Bertz CT molecular complexity index is 1300. The predicted octanol–water partition coefficient (Wildman–Crippen LogP) is 2.78. The van der Waals surface area contributed by atoms with Gasteiger partial charge in [-0.25, -0.2) is 4.79 Å². The maximum Gasteiger partial charge on any atom is 0.319 e. The molecule has 0 saturated carbocycles. The molecule has 10 nitrogen and oxygen atoms in total. The Morgan fingerprint density at radius 3 is 2.75 bits per heavy atom. The van der Waals surface area contributed by atoms with Crippen molar-refractivity contribution < 1.29 is 24.2 Å². The minimum atomic E-state index is -0.642. The molecule has 5 N–H and O–H groups in total. The van der Waals surface area contributed by atoms with Crippen LogP contribution < -0.4 is 26.0 Å². The van der Waals surface area contributed by atoms with Gasteiger partial charge in [-0.2, -0.15) is 0 Å². The van der Waals surface area contributed by atoms with E-state index >= 15 is 0 Å². The fourth-order valence-corrected chi connectivity index (χ4v) is 4.68. The molecule has 1 unspecified atom stereocenters. The van der Waals surface area contributed by atoms with Gasteiger partial charge < -0.3 is 30.4 Å². The van der Waals surface area contributed by atoms with Crippen LogP contribution in [-0.2, 0) is 16.1 Å².